The normalized spacial score (nSPS) is 11.8. The fourth-order valence-corrected chi connectivity index (χ4v) is 2.28. The van der Waals surface area contributed by atoms with Crippen LogP contribution in [0.5, 0.6) is 0 Å². The topological polar surface area (TPSA) is 69.8 Å². The lowest BCUT2D eigenvalue weighted by molar-refractivity contribution is 0.570. The van der Waals surface area contributed by atoms with E-state index in [0.717, 1.165) is 3.97 Å². The molecule has 0 saturated carbocycles. The average Bonchev–Trinajstić information content (AvgIpc) is 2.72. The molecule has 7 heteroatoms. The number of hydrogen-bond donors (Lipinski definition) is 0. The van der Waals surface area contributed by atoms with Crippen LogP contribution in [0.3, 0.4) is 0 Å². The quantitative estimate of drug-likeness (QED) is 0.694. The van der Waals surface area contributed by atoms with Gasteiger partial charge in [-0.05, 0) is 0 Å². The summed E-state index contributed by atoms with van der Waals surface area (Å²) in [6.45, 7) is 0. The molecule has 0 aliphatic heterocycles. The van der Waals surface area contributed by atoms with Gasteiger partial charge in [0, 0.05) is 31.8 Å². The number of imidazole rings is 2. The molecule has 2 rings (SSSR count). The van der Waals surface area contributed by atoms with Crippen LogP contribution < -0.4 is 0 Å². The van der Waals surface area contributed by atoms with Crippen molar-refractivity contribution in [3.63, 3.8) is 0 Å². The maximum absolute atomic E-state index is 11.8. The summed E-state index contributed by atoms with van der Waals surface area (Å²) in [5.41, 5.74) is 0. The van der Waals surface area contributed by atoms with Gasteiger partial charge in [-0.25, -0.2) is 13.9 Å². The van der Waals surface area contributed by atoms with Gasteiger partial charge in [-0.2, -0.15) is 8.42 Å². The first kappa shape index (κ1) is 8.95. The summed E-state index contributed by atoms with van der Waals surface area (Å²) in [5, 5.41) is -0.00417. The molecule has 0 saturated heterocycles. The van der Waals surface area contributed by atoms with E-state index >= 15 is 0 Å². The Morgan fingerprint density at radius 2 is 2.07 bits per heavy atom. The standard InChI is InChI=1S/C7H8N4O2S/c1-10-4-3-9-7(10)14(12,13)11-5-2-8-6-11/h2-6H,1H3. The third-order valence-corrected chi connectivity index (χ3v) is 3.39. The molecular weight excluding hydrogens is 204 g/mol. The van der Waals surface area contributed by atoms with Crippen molar-refractivity contribution in [2.45, 2.75) is 5.16 Å². The zero-order valence-corrected chi connectivity index (χ0v) is 8.22. The van der Waals surface area contributed by atoms with Crippen molar-refractivity contribution in [2.24, 2.45) is 7.05 Å². The van der Waals surface area contributed by atoms with Gasteiger partial charge in [-0.1, -0.05) is 0 Å². The van der Waals surface area contributed by atoms with Crippen LogP contribution in [-0.4, -0.2) is 26.9 Å². The molecule has 14 heavy (non-hydrogen) atoms. The van der Waals surface area contributed by atoms with Crippen LogP contribution in [0.1, 0.15) is 0 Å². The van der Waals surface area contributed by atoms with E-state index in [-0.39, 0.29) is 5.16 Å². The maximum atomic E-state index is 11.8. The van der Waals surface area contributed by atoms with Crippen LogP contribution in [0, 0.1) is 0 Å². The Morgan fingerprint density at radius 3 is 2.57 bits per heavy atom. The lowest BCUT2D eigenvalue weighted by Crippen LogP contribution is -2.15. The predicted molar refractivity (Wildman–Crippen MR) is 48.0 cm³/mol. The highest BCUT2D eigenvalue weighted by Gasteiger charge is 2.20. The Kier molecular flexibility index (Phi) is 1.88. The van der Waals surface area contributed by atoms with E-state index < -0.39 is 10.0 Å². The summed E-state index contributed by atoms with van der Waals surface area (Å²) in [6.07, 6.45) is 7.00. The van der Waals surface area contributed by atoms with Crippen LogP contribution in [-0.2, 0) is 17.1 Å². The van der Waals surface area contributed by atoms with Gasteiger partial charge < -0.3 is 4.57 Å². The van der Waals surface area contributed by atoms with E-state index in [1.165, 1.54) is 29.5 Å². The van der Waals surface area contributed by atoms with Crippen LogP contribution >= 0.6 is 0 Å². The summed E-state index contributed by atoms with van der Waals surface area (Å²) in [7, 11) is -1.96. The van der Waals surface area contributed by atoms with Gasteiger partial charge in [0.2, 0.25) is 5.16 Å². The van der Waals surface area contributed by atoms with E-state index in [1.807, 2.05) is 0 Å². The molecule has 0 unspecified atom stereocenters. The summed E-state index contributed by atoms with van der Waals surface area (Å²) >= 11 is 0. The minimum atomic E-state index is -3.58. The van der Waals surface area contributed by atoms with Crippen molar-refractivity contribution in [1.29, 1.82) is 0 Å². The van der Waals surface area contributed by atoms with E-state index in [2.05, 4.69) is 9.97 Å². The van der Waals surface area contributed by atoms with Crippen LogP contribution in [0.25, 0.3) is 0 Å². The molecule has 0 N–H and O–H groups in total. The summed E-state index contributed by atoms with van der Waals surface area (Å²) in [4.78, 5) is 7.44. The lowest BCUT2D eigenvalue weighted by atomic mass is 10.9. The smallest absolute Gasteiger partial charge is 0.302 e. The second-order valence-electron chi connectivity index (χ2n) is 2.72. The largest absolute Gasteiger partial charge is 0.323 e. The Morgan fingerprint density at radius 1 is 1.29 bits per heavy atom. The van der Waals surface area contributed by atoms with E-state index in [0.29, 0.717) is 0 Å². The van der Waals surface area contributed by atoms with E-state index in [1.54, 1.807) is 13.2 Å². The van der Waals surface area contributed by atoms with Gasteiger partial charge in [-0.15, -0.1) is 0 Å². The van der Waals surface area contributed by atoms with Crippen molar-refractivity contribution in [3.05, 3.63) is 31.1 Å². The molecule has 74 valence electrons. The zero-order chi connectivity index (χ0) is 10.2. The second kappa shape index (κ2) is 2.95. The first-order valence-electron chi connectivity index (χ1n) is 3.83. The monoisotopic (exact) mass is 212 g/mol. The predicted octanol–water partition coefficient (Wildman–Crippen LogP) is -0.146. The van der Waals surface area contributed by atoms with Gasteiger partial charge >= 0.3 is 10.0 Å². The molecule has 0 fully saturated rings. The van der Waals surface area contributed by atoms with Crippen molar-refractivity contribution in [2.75, 3.05) is 0 Å². The number of rotatable bonds is 2. The van der Waals surface area contributed by atoms with E-state index in [4.69, 9.17) is 0 Å². The third kappa shape index (κ3) is 1.22. The molecule has 0 aliphatic rings. The second-order valence-corrected chi connectivity index (χ2v) is 4.46. The molecule has 0 amide bonds. The minimum Gasteiger partial charge on any atom is -0.323 e. The number of aryl methyl sites for hydroxylation is 1. The Hall–Kier alpha value is -1.63. The SMILES string of the molecule is Cn1ccnc1S(=O)(=O)n1ccnc1. The molecule has 2 aromatic rings. The fourth-order valence-electron chi connectivity index (χ4n) is 1.08. The van der Waals surface area contributed by atoms with Crippen molar-refractivity contribution < 1.29 is 8.42 Å². The highest BCUT2D eigenvalue weighted by molar-refractivity contribution is 7.89. The Bertz CT molecular complexity index is 526. The zero-order valence-electron chi connectivity index (χ0n) is 7.40. The summed E-state index contributed by atoms with van der Waals surface area (Å²) < 4.78 is 26.1. The lowest BCUT2D eigenvalue weighted by Gasteiger charge is -2.03. The summed E-state index contributed by atoms with van der Waals surface area (Å²) in [6, 6.07) is 0. The van der Waals surface area contributed by atoms with Crippen molar-refractivity contribution in [3.8, 4) is 0 Å². The van der Waals surface area contributed by atoms with Gasteiger partial charge in [0.1, 0.15) is 6.33 Å². The highest BCUT2D eigenvalue weighted by Crippen LogP contribution is 2.08. The minimum absolute atomic E-state index is 0.00417. The van der Waals surface area contributed by atoms with Crippen molar-refractivity contribution >= 4 is 10.0 Å². The molecular formula is C7H8N4O2S. The molecule has 0 aromatic carbocycles. The van der Waals surface area contributed by atoms with E-state index in [9.17, 15) is 8.42 Å². The summed E-state index contributed by atoms with van der Waals surface area (Å²) in [5.74, 6) is 0. The van der Waals surface area contributed by atoms with Crippen LogP contribution in [0.4, 0.5) is 0 Å². The van der Waals surface area contributed by atoms with Gasteiger partial charge in [-0.3, -0.25) is 0 Å². The number of hydrogen-bond acceptors (Lipinski definition) is 4. The Balaban J connectivity index is 2.60. The maximum Gasteiger partial charge on any atom is 0.302 e. The molecule has 2 aromatic heterocycles. The average molecular weight is 212 g/mol. The highest BCUT2D eigenvalue weighted by atomic mass is 32.2. The van der Waals surface area contributed by atoms with Gasteiger partial charge in [0.05, 0.1) is 0 Å². The van der Waals surface area contributed by atoms with Gasteiger partial charge in [0.15, 0.2) is 0 Å². The molecule has 0 spiro atoms. The van der Waals surface area contributed by atoms with Crippen molar-refractivity contribution in [1.82, 2.24) is 18.5 Å². The molecule has 0 atom stereocenters. The van der Waals surface area contributed by atoms with Crippen LogP contribution in [0.2, 0.25) is 0 Å². The first-order chi connectivity index (χ1) is 6.62. The molecule has 2 heterocycles. The van der Waals surface area contributed by atoms with Gasteiger partial charge in [0.25, 0.3) is 0 Å². The molecule has 6 nitrogen and oxygen atoms in total. The third-order valence-electron chi connectivity index (χ3n) is 1.77. The Labute approximate surface area is 80.9 Å². The molecule has 0 radical (unpaired) electrons. The first-order valence-corrected chi connectivity index (χ1v) is 5.27. The molecule has 0 bridgehead atoms. The number of nitrogens with zero attached hydrogens (tertiary/aromatic N) is 4. The fraction of sp³-hybridized carbons (Fsp3) is 0.143. The van der Waals surface area contributed by atoms with Crippen LogP contribution in [0.15, 0.2) is 36.3 Å². The number of aromatic nitrogens is 4. The molecule has 0 aliphatic carbocycles.